The summed E-state index contributed by atoms with van der Waals surface area (Å²) in [4.78, 5) is 36.4. The molecular formula is C25H30N6O4. The molecule has 3 heterocycles. The third-order valence-corrected chi connectivity index (χ3v) is 5.43. The van der Waals surface area contributed by atoms with Crippen molar-refractivity contribution in [1.82, 2.24) is 19.4 Å². The number of anilines is 1. The van der Waals surface area contributed by atoms with Gasteiger partial charge in [-0.05, 0) is 43.5 Å². The maximum absolute atomic E-state index is 12.8. The van der Waals surface area contributed by atoms with Crippen LogP contribution in [0.3, 0.4) is 0 Å². The van der Waals surface area contributed by atoms with Crippen molar-refractivity contribution in [2.24, 2.45) is 0 Å². The average molecular weight is 479 g/mol. The highest BCUT2D eigenvalue weighted by Crippen LogP contribution is 2.22. The summed E-state index contributed by atoms with van der Waals surface area (Å²) in [6.45, 7) is 2.59. The average Bonchev–Trinajstić information content (AvgIpc) is 3.52. The molecule has 1 aliphatic heterocycles. The van der Waals surface area contributed by atoms with Gasteiger partial charge in [-0.3, -0.25) is 19.5 Å². The van der Waals surface area contributed by atoms with Crippen molar-refractivity contribution in [2.75, 3.05) is 46.3 Å². The number of hydrogen-bond acceptors (Lipinski definition) is 7. The molecule has 0 unspecified atom stereocenters. The lowest BCUT2D eigenvalue weighted by Crippen LogP contribution is -2.27. The van der Waals surface area contributed by atoms with E-state index in [1.54, 1.807) is 51.8 Å². The third-order valence-electron chi connectivity index (χ3n) is 5.43. The second-order valence-electron chi connectivity index (χ2n) is 8.05. The number of benzene rings is 1. The van der Waals surface area contributed by atoms with E-state index in [-0.39, 0.29) is 11.8 Å². The lowest BCUT2D eigenvalue weighted by molar-refractivity contribution is 0.0792. The number of imidazole rings is 1. The smallest absolute Gasteiger partial charge is 0.258 e. The van der Waals surface area contributed by atoms with Crippen LogP contribution in [0.15, 0.2) is 36.5 Å². The van der Waals surface area contributed by atoms with E-state index in [0.717, 1.165) is 25.9 Å². The van der Waals surface area contributed by atoms with E-state index < -0.39 is 0 Å². The van der Waals surface area contributed by atoms with Crippen LogP contribution >= 0.6 is 0 Å². The minimum Gasteiger partial charge on any atom is -0.388 e. The molecule has 1 N–H and O–H groups in total. The van der Waals surface area contributed by atoms with Gasteiger partial charge in [0.2, 0.25) is 5.95 Å². The van der Waals surface area contributed by atoms with Crippen molar-refractivity contribution in [3.63, 3.8) is 0 Å². The summed E-state index contributed by atoms with van der Waals surface area (Å²) >= 11 is 0. The van der Waals surface area contributed by atoms with Gasteiger partial charge >= 0.3 is 0 Å². The Morgan fingerprint density at radius 1 is 1.14 bits per heavy atom. The summed E-state index contributed by atoms with van der Waals surface area (Å²) in [6, 6.07) is 10.2. The largest absolute Gasteiger partial charge is 0.388 e. The van der Waals surface area contributed by atoms with Crippen LogP contribution in [0.5, 0.6) is 0 Å². The number of ether oxygens (including phenoxy) is 2. The monoisotopic (exact) mass is 478 g/mol. The first-order chi connectivity index (χ1) is 17.0. The van der Waals surface area contributed by atoms with Crippen LogP contribution < -0.4 is 5.32 Å². The van der Waals surface area contributed by atoms with Gasteiger partial charge in [0.25, 0.3) is 11.8 Å². The van der Waals surface area contributed by atoms with Gasteiger partial charge in [-0.15, -0.1) is 0 Å². The van der Waals surface area contributed by atoms with Crippen LogP contribution in [-0.2, 0) is 16.0 Å². The Morgan fingerprint density at radius 3 is 2.57 bits per heavy atom. The number of likely N-dealkylation sites (tertiary alicyclic amines) is 1. The molecule has 0 saturated carbocycles. The zero-order valence-electron chi connectivity index (χ0n) is 20.3. The Morgan fingerprint density at radius 2 is 1.89 bits per heavy atom. The fourth-order valence-electron chi connectivity index (χ4n) is 3.81. The molecule has 0 radical (unpaired) electrons. The van der Waals surface area contributed by atoms with Crippen LogP contribution in [0, 0.1) is 11.3 Å². The molecule has 1 fully saturated rings. The molecule has 0 atom stereocenters. The molecule has 10 nitrogen and oxygen atoms in total. The van der Waals surface area contributed by atoms with Crippen molar-refractivity contribution in [2.45, 2.75) is 25.8 Å². The fraction of sp³-hybridized carbons (Fsp3) is 0.400. The van der Waals surface area contributed by atoms with Crippen molar-refractivity contribution in [3.8, 4) is 6.07 Å². The molecule has 35 heavy (non-hydrogen) atoms. The molecule has 1 aliphatic rings. The molecule has 3 aromatic rings. The van der Waals surface area contributed by atoms with Gasteiger partial charge in [0.05, 0.1) is 17.2 Å². The van der Waals surface area contributed by atoms with Crippen LogP contribution in [-0.4, -0.2) is 72.3 Å². The maximum Gasteiger partial charge on any atom is 0.258 e. The van der Waals surface area contributed by atoms with E-state index in [0.29, 0.717) is 53.4 Å². The topological polar surface area (TPSA) is 122 Å². The molecule has 2 aromatic heterocycles. The second kappa shape index (κ2) is 12.6. The number of carbonyl (C=O) groups excluding carboxylic acids is 2. The summed E-state index contributed by atoms with van der Waals surface area (Å²) in [5.41, 5.74) is 2.37. The fourth-order valence-corrected chi connectivity index (χ4v) is 3.81. The molecule has 0 aliphatic carbocycles. The first-order valence-electron chi connectivity index (χ1n) is 11.4. The SMILES string of the molecule is COC.COCCCn1c(NC(=O)c2cccc(C#N)c2)nc2cc(C(=O)N3CCCC3)cnc21. The Labute approximate surface area is 204 Å². The first-order valence-corrected chi connectivity index (χ1v) is 11.4. The normalized spacial score (nSPS) is 12.7. The highest BCUT2D eigenvalue weighted by molar-refractivity contribution is 6.04. The molecule has 10 heteroatoms. The number of nitrogens with zero attached hydrogens (tertiary/aromatic N) is 5. The van der Waals surface area contributed by atoms with Gasteiger partial charge in [0.1, 0.15) is 5.52 Å². The van der Waals surface area contributed by atoms with Crippen molar-refractivity contribution >= 4 is 28.9 Å². The van der Waals surface area contributed by atoms with Gasteiger partial charge in [-0.2, -0.15) is 5.26 Å². The molecule has 2 amide bonds. The first kappa shape index (κ1) is 25.8. The second-order valence-corrected chi connectivity index (χ2v) is 8.05. The minimum atomic E-state index is -0.376. The quantitative estimate of drug-likeness (QED) is 0.518. The van der Waals surface area contributed by atoms with Gasteiger partial charge < -0.3 is 14.4 Å². The molecule has 0 spiro atoms. The van der Waals surface area contributed by atoms with Gasteiger partial charge in [0, 0.05) is 59.3 Å². The Kier molecular flexibility index (Phi) is 9.29. The van der Waals surface area contributed by atoms with Crippen LogP contribution in [0.4, 0.5) is 5.95 Å². The number of methoxy groups -OCH3 is 2. The zero-order valence-corrected chi connectivity index (χ0v) is 20.3. The van der Waals surface area contributed by atoms with E-state index in [2.05, 4.69) is 20.0 Å². The number of amides is 2. The van der Waals surface area contributed by atoms with E-state index in [9.17, 15) is 9.59 Å². The summed E-state index contributed by atoms with van der Waals surface area (Å²) in [7, 11) is 4.88. The predicted octanol–water partition coefficient (Wildman–Crippen LogP) is 3.09. The number of rotatable bonds is 7. The van der Waals surface area contributed by atoms with Gasteiger partial charge in [-0.25, -0.2) is 9.97 Å². The number of carbonyl (C=O) groups is 2. The summed E-state index contributed by atoms with van der Waals surface area (Å²) in [6.07, 6.45) is 4.29. The molecule has 184 valence electrons. The zero-order chi connectivity index (χ0) is 25.2. The number of aryl methyl sites for hydroxylation is 1. The van der Waals surface area contributed by atoms with Crippen molar-refractivity contribution in [3.05, 3.63) is 53.2 Å². The standard InChI is InChI=1S/C23H24N6O3.C2H6O/c1-32-11-5-10-29-20-19(13-18(15-25-20)22(31)28-8-2-3-9-28)26-23(29)27-21(30)17-7-4-6-16(12-17)14-24;1-3-2/h4,6-7,12-13,15H,2-3,5,8-11H2,1H3,(H,26,27,30);1-2H3. The van der Waals surface area contributed by atoms with Gasteiger partial charge in [0.15, 0.2) is 5.65 Å². The van der Waals surface area contributed by atoms with Crippen LogP contribution in [0.25, 0.3) is 11.2 Å². The lowest BCUT2D eigenvalue weighted by atomic mass is 10.1. The lowest BCUT2D eigenvalue weighted by Gasteiger charge is -2.14. The number of aromatic nitrogens is 3. The highest BCUT2D eigenvalue weighted by Gasteiger charge is 2.22. The number of hydrogen-bond donors (Lipinski definition) is 1. The Bertz CT molecular complexity index is 1210. The molecular weight excluding hydrogens is 448 g/mol. The van der Waals surface area contributed by atoms with E-state index in [4.69, 9.17) is 10.00 Å². The maximum atomic E-state index is 12.8. The van der Waals surface area contributed by atoms with E-state index in [1.807, 2.05) is 15.5 Å². The number of nitriles is 1. The minimum absolute atomic E-state index is 0.0512. The highest BCUT2D eigenvalue weighted by atomic mass is 16.5. The third kappa shape index (κ3) is 6.41. The molecule has 4 rings (SSSR count). The summed E-state index contributed by atoms with van der Waals surface area (Å²) in [5, 5.41) is 11.9. The van der Waals surface area contributed by atoms with E-state index >= 15 is 0 Å². The number of pyridine rings is 1. The Hall–Kier alpha value is -3.81. The summed E-state index contributed by atoms with van der Waals surface area (Å²) < 4.78 is 11.2. The number of fused-ring (bicyclic) bond motifs is 1. The number of nitrogens with one attached hydrogen (secondary N) is 1. The van der Waals surface area contributed by atoms with Crippen LogP contribution in [0.2, 0.25) is 0 Å². The molecule has 0 bridgehead atoms. The Balaban J connectivity index is 0.00000108. The predicted molar refractivity (Wildman–Crippen MR) is 131 cm³/mol. The molecule has 1 saturated heterocycles. The summed E-state index contributed by atoms with van der Waals surface area (Å²) in [5.74, 6) is -0.0924. The van der Waals surface area contributed by atoms with Crippen molar-refractivity contribution in [1.29, 1.82) is 5.26 Å². The molecule has 1 aromatic carbocycles. The van der Waals surface area contributed by atoms with Gasteiger partial charge in [-0.1, -0.05) is 6.07 Å². The van der Waals surface area contributed by atoms with E-state index in [1.165, 1.54) is 6.07 Å². The van der Waals surface area contributed by atoms with Crippen molar-refractivity contribution < 1.29 is 19.1 Å². The van der Waals surface area contributed by atoms with Crippen LogP contribution in [0.1, 0.15) is 45.5 Å².